The zero-order chi connectivity index (χ0) is 21.0. The van der Waals surface area contributed by atoms with Crippen molar-refractivity contribution in [3.63, 3.8) is 0 Å². The summed E-state index contributed by atoms with van der Waals surface area (Å²) in [7, 11) is 1.69. The van der Waals surface area contributed by atoms with Gasteiger partial charge in [0.15, 0.2) is 11.5 Å². The van der Waals surface area contributed by atoms with Crippen LogP contribution < -0.4 is 14.8 Å². The van der Waals surface area contributed by atoms with Gasteiger partial charge in [0, 0.05) is 11.9 Å². The van der Waals surface area contributed by atoms with Crippen LogP contribution in [0.15, 0.2) is 72.9 Å². The maximum atomic E-state index is 6.11. The second kappa shape index (κ2) is 8.66. The summed E-state index contributed by atoms with van der Waals surface area (Å²) in [5.41, 5.74) is 5.84. The lowest BCUT2D eigenvalue weighted by molar-refractivity contribution is 0.283. The van der Waals surface area contributed by atoms with Crippen LogP contribution in [0, 0.1) is 0 Å². The van der Waals surface area contributed by atoms with E-state index in [1.54, 1.807) is 7.11 Å². The average molecular weight is 412 g/mol. The molecule has 0 saturated carbocycles. The molecule has 1 atom stereocenters. The molecule has 2 heterocycles. The number of ether oxygens (including phenoxy) is 2. The Kier molecular flexibility index (Phi) is 5.42. The van der Waals surface area contributed by atoms with Gasteiger partial charge < -0.3 is 14.8 Å². The van der Waals surface area contributed by atoms with Gasteiger partial charge in [-0.05, 0) is 46.9 Å². The molecule has 31 heavy (non-hydrogen) atoms. The predicted molar refractivity (Wildman–Crippen MR) is 123 cm³/mol. The van der Waals surface area contributed by atoms with Crippen LogP contribution in [-0.2, 0) is 13.0 Å². The van der Waals surface area contributed by atoms with Gasteiger partial charge in [-0.2, -0.15) is 5.10 Å². The smallest absolute Gasteiger partial charge is 0.161 e. The van der Waals surface area contributed by atoms with E-state index in [1.807, 2.05) is 24.4 Å². The van der Waals surface area contributed by atoms with E-state index < -0.39 is 0 Å². The molecule has 3 aromatic carbocycles. The molecule has 5 heteroatoms. The highest BCUT2D eigenvalue weighted by Crippen LogP contribution is 2.36. The van der Waals surface area contributed by atoms with Crippen molar-refractivity contribution >= 4 is 17.0 Å². The van der Waals surface area contributed by atoms with Crippen LogP contribution >= 0.6 is 0 Å². The van der Waals surface area contributed by atoms with Crippen molar-refractivity contribution in [2.24, 2.45) is 0 Å². The fourth-order valence-electron chi connectivity index (χ4n) is 4.04. The molecule has 1 aliphatic rings. The van der Waals surface area contributed by atoms with E-state index in [4.69, 9.17) is 9.47 Å². The lowest BCUT2D eigenvalue weighted by Gasteiger charge is -2.26. The molecule has 156 valence electrons. The van der Waals surface area contributed by atoms with Crippen LogP contribution in [-0.4, -0.2) is 23.9 Å². The molecule has 0 fully saturated rings. The van der Waals surface area contributed by atoms with Gasteiger partial charge in [-0.25, -0.2) is 0 Å². The van der Waals surface area contributed by atoms with Gasteiger partial charge >= 0.3 is 0 Å². The first-order valence-corrected chi connectivity index (χ1v) is 10.5. The fourth-order valence-corrected chi connectivity index (χ4v) is 4.04. The molecule has 2 N–H and O–H groups in total. The fraction of sp³-hybridized carbons (Fsp3) is 0.192. The van der Waals surface area contributed by atoms with Crippen LogP contribution in [0.1, 0.15) is 28.3 Å². The summed E-state index contributed by atoms with van der Waals surface area (Å²) in [6.45, 7) is 1.44. The number of methoxy groups -OCH3 is 1. The Bertz CT molecular complexity index is 1210. The van der Waals surface area contributed by atoms with Crippen LogP contribution in [0.2, 0.25) is 0 Å². The Balaban J connectivity index is 1.39. The van der Waals surface area contributed by atoms with E-state index in [0.29, 0.717) is 6.61 Å². The molecule has 1 aromatic heterocycles. The number of rotatable bonds is 6. The Morgan fingerprint density at radius 3 is 2.84 bits per heavy atom. The van der Waals surface area contributed by atoms with E-state index in [0.717, 1.165) is 46.5 Å². The normalized spacial score (nSPS) is 15.8. The molecule has 0 spiro atoms. The number of nitrogens with zero attached hydrogens (tertiary/aromatic N) is 1. The van der Waals surface area contributed by atoms with Gasteiger partial charge in [0.05, 0.1) is 24.9 Å². The van der Waals surface area contributed by atoms with Crippen molar-refractivity contribution < 1.29 is 9.47 Å². The maximum Gasteiger partial charge on any atom is 0.161 e. The minimum Gasteiger partial charge on any atom is -0.493 e. The van der Waals surface area contributed by atoms with Gasteiger partial charge in [-0.15, -0.1) is 0 Å². The molecular formula is C26H25N3O2. The Morgan fingerprint density at radius 1 is 1.06 bits per heavy atom. The molecule has 0 bridgehead atoms. The molecule has 0 saturated heterocycles. The Morgan fingerprint density at radius 2 is 1.97 bits per heavy atom. The van der Waals surface area contributed by atoms with Crippen molar-refractivity contribution in [2.75, 3.05) is 13.7 Å². The molecule has 0 aliphatic carbocycles. The summed E-state index contributed by atoms with van der Waals surface area (Å²) in [5.74, 6) is 1.55. The monoisotopic (exact) mass is 411 g/mol. The predicted octanol–water partition coefficient (Wildman–Crippen LogP) is 5.05. The third-order valence-corrected chi connectivity index (χ3v) is 5.70. The minimum atomic E-state index is 0.123. The standard InChI is InChI=1S/C26H25N3O2/c1-30-25-15-22-20(14-26(25)31-17-19-5-3-2-4-6-19)11-12-27-23(22)10-8-18-7-9-21-16-28-29-24(21)13-18/h2-10,13-16,23,27H,11-12,17H2,1H3,(H,28,29)/b10-8+. The van der Waals surface area contributed by atoms with Crippen LogP contribution in [0.4, 0.5) is 0 Å². The Labute approximate surface area is 181 Å². The lowest BCUT2D eigenvalue weighted by Crippen LogP contribution is -2.28. The van der Waals surface area contributed by atoms with E-state index in [9.17, 15) is 0 Å². The number of hydrogen-bond acceptors (Lipinski definition) is 4. The summed E-state index contributed by atoms with van der Waals surface area (Å²) in [4.78, 5) is 0. The number of aromatic amines is 1. The SMILES string of the molecule is COc1cc2c(cc1OCc1ccccc1)CCNC2/C=C/c1ccc2cn[nH]c2c1. The molecule has 5 rings (SSSR count). The average Bonchev–Trinajstić information content (AvgIpc) is 3.29. The summed E-state index contributed by atoms with van der Waals surface area (Å²) >= 11 is 0. The van der Waals surface area contributed by atoms with E-state index in [2.05, 4.69) is 70.1 Å². The number of hydrogen-bond donors (Lipinski definition) is 2. The number of nitrogens with one attached hydrogen (secondary N) is 2. The van der Waals surface area contributed by atoms with Gasteiger partial charge in [-0.3, -0.25) is 5.10 Å². The van der Waals surface area contributed by atoms with Crippen molar-refractivity contribution in [1.82, 2.24) is 15.5 Å². The van der Waals surface area contributed by atoms with Crippen LogP contribution in [0.25, 0.3) is 17.0 Å². The first-order valence-electron chi connectivity index (χ1n) is 10.5. The van der Waals surface area contributed by atoms with Gasteiger partial charge in [0.1, 0.15) is 6.61 Å². The van der Waals surface area contributed by atoms with Gasteiger partial charge in [0.25, 0.3) is 0 Å². The largest absolute Gasteiger partial charge is 0.493 e. The van der Waals surface area contributed by atoms with Gasteiger partial charge in [0.2, 0.25) is 0 Å². The number of fused-ring (bicyclic) bond motifs is 2. The maximum absolute atomic E-state index is 6.11. The second-order valence-corrected chi connectivity index (χ2v) is 7.73. The molecule has 0 radical (unpaired) electrons. The van der Waals surface area contributed by atoms with Crippen molar-refractivity contribution in [3.05, 3.63) is 95.2 Å². The summed E-state index contributed by atoms with van der Waals surface area (Å²) < 4.78 is 11.8. The van der Waals surface area contributed by atoms with Crippen molar-refractivity contribution in [2.45, 2.75) is 19.1 Å². The topological polar surface area (TPSA) is 59.2 Å². The van der Waals surface area contributed by atoms with Crippen molar-refractivity contribution in [1.29, 1.82) is 0 Å². The molecule has 5 nitrogen and oxygen atoms in total. The summed E-state index contributed by atoms with van der Waals surface area (Å²) in [5, 5.41) is 11.8. The molecular weight excluding hydrogens is 386 g/mol. The van der Waals surface area contributed by atoms with Crippen molar-refractivity contribution in [3.8, 4) is 11.5 Å². The highest BCUT2D eigenvalue weighted by atomic mass is 16.5. The lowest BCUT2D eigenvalue weighted by atomic mass is 9.93. The number of aromatic nitrogens is 2. The van der Waals surface area contributed by atoms with Gasteiger partial charge in [-0.1, -0.05) is 54.6 Å². The first kappa shape index (κ1) is 19.4. The molecule has 1 aliphatic heterocycles. The highest BCUT2D eigenvalue weighted by molar-refractivity contribution is 5.80. The third kappa shape index (κ3) is 4.18. The number of H-pyrrole nitrogens is 1. The summed E-state index contributed by atoms with van der Waals surface area (Å²) in [6, 6.07) is 20.9. The van der Waals surface area contributed by atoms with E-state index in [-0.39, 0.29) is 6.04 Å². The molecule has 0 amide bonds. The van der Waals surface area contributed by atoms with Crippen LogP contribution in [0.5, 0.6) is 11.5 Å². The summed E-state index contributed by atoms with van der Waals surface area (Å²) in [6.07, 6.45) is 7.16. The highest BCUT2D eigenvalue weighted by Gasteiger charge is 2.21. The minimum absolute atomic E-state index is 0.123. The molecule has 4 aromatic rings. The quantitative estimate of drug-likeness (QED) is 0.466. The zero-order valence-corrected chi connectivity index (χ0v) is 17.5. The van der Waals surface area contributed by atoms with E-state index >= 15 is 0 Å². The third-order valence-electron chi connectivity index (χ3n) is 5.70. The molecule has 1 unspecified atom stereocenters. The van der Waals surface area contributed by atoms with Crippen LogP contribution in [0.3, 0.4) is 0 Å². The zero-order valence-electron chi connectivity index (χ0n) is 17.5. The second-order valence-electron chi connectivity index (χ2n) is 7.73. The first-order chi connectivity index (χ1) is 15.3. The van der Waals surface area contributed by atoms with E-state index in [1.165, 1.54) is 11.1 Å². The Hall–Kier alpha value is -3.57. The number of benzene rings is 3.